The van der Waals surface area contributed by atoms with Gasteiger partial charge < -0.3 is 0 Å². The first kappa shape index (κ1) is 13.7. The van der Waals surface area contributed by atoms with Crippen molar-refractivity contribution in [2.45, 2.75) is 31.9 Å². The molecular weight excluding hydrogens is 227 g/mol. The molecule has 0 radical (unpaired) electrons. The summed E-state index contributed by atoms with van der Waals surface area (Å²) in [6.45, 7) is 1.17. The Labute approximate surface area is 82.0 Å². The van der Waals surface area contributed by atoms with E-state index in [1.54, 1.807) is 0 Å². The normalized spacial score (nSPS) is 13.0. The number of rotatable bonds is 4. The van der Waals surface area contributed by atoms with Gasteiger partial charge >= 0.3 is 6.18 Å². The van der Waals surface area contributed by atoms with Gasteiger partial charge in [-0.3, -0.25) is 4.79 Å². The van der Waals surface area contributed by atoms with Crippen molar-refractivity contribution in [2.75, 3.05) is 5.75 Å². The minimum absolute atomic E-state index is 0.293. The van der Waals surface area contributed by atoms with Crippen LogP contribution in [0.2, 0.25) is 0 Å². The van der Waals surface area contributed by atoms with Gasteiger partial charge in [0.15, 0.2) is 5.12 Å². The second-order valence-electron chi connectivity index (χ2n) is 2.74. The molecule has 0 saturated carbocycles. The summed E-state index contributed by atoms with van der Waals surface area (Å²) < 4.78 is 59.8. The van der Waals surface area contributed by atoms with Crippen LogP contribution in [0.3, 0.4) is 0 Å². The highest BCUT2D eigenvalue weighted by molar-refractivity contribution is 8.13. The zero-order valence-corrected chi connectivity index (χ0v) is 8.14. The van der Waals surface area contributed by atoms with E-state index in [0.29, 0.717) is 11.8 Å². The van der Waals surface area contributed by atoms with Gasteiger partial charge in [0.2, 0.25) is 0 Å². The lowest BCUT2D eigenvalue weighted by molar-refractivity contribution is -0.187. The van der Waals surface area contributed by atoms with Crippen LogP contribution in [0.5, 0.6) is 0 Å². The van der Waals surface area contributed by atoms with Crippen LogP contribution in [0.1, 0.15) is 19.8 Å². The second-order valence-corrected chi connectivity index (χ2v) is 4.01. The van der Waals surface area contributed by atoms with E-state index >= 15 is 0 Å². The van der Waals surface area contributed by atoms with Gasteiger partial charge in [0, 0.05) is 19.1 Å². The third-order valence-electron chi connectivity index (χ3n) is 1.23. The maximum absolute atomic E-state index is 12.5. The molecule has 0 saturated heterocycles. The molecule has 0 bridgehead atoms. The van der Waals surface area contributed by atoms with Gasteiger partial charge in [-0.1, -0.05) is 11.8 Å². The Kier molecular flexibility index (Phi) is 4.83. The number of thioether (sulfide) groups is 1. The lowest BCUT2D eigenvalue weighted by Gasteiger charge is -2.17. The summed E-state index contributed by atoms with van der Waals surface area (Å²) in [5.41, 5.74) is 0. The van der Waals surface area contributed by atoms with E-state index in [-0.39, 0.29) is 10.9 Å². The molecule has 1 nitrogen and oxygen atoms in total. The number of carbonyl (C=O) groups excluding carboxylic acids is 1. The Morgan fingerprint density at radius 1 is 1.21 bits per heavy atom. The zero-order chi connectivity index (χ0) is 11.4. The van der Waals surface area contributed by atoms with Crippen molar-refractivity contribution in [2.24, 2.45) is 0 Å². The van der Waals surface area contributed by atoms with E-state index in [2.05, 4.69) is 0 Å². The first-order valence-electron chi connectivity index (χ1n) is 3.70. The van der Waals surface area contributed by atoms with Gasteiger partial charge in [-0.15, -0.1) is 0 Å². The molecule has 0 aromatic heterocycles. The second kappa shape index (κ2) is 4.95. The SMILES string of the molecule is CC(=O)SCCC(F)(F)CC(F)(F)F. The predicted octanol–water partition coefficient (Wildman–Crippen LogP) is 3.24. The minimum Gasteiger partial charge on any atom is -0.288 e. The molecule has 0 aliphatic carbocycles. The van der Waals surface area contributed by atoms with Gasteiger partial charge in [-0.2, -0.15) is 13.2 Å². The van der Waals surface area contributed by atoms with E-state index < -0.39 is 24.9 Å². The van der Waals surface area contributed by atoms with Crippen LogP contribution in [0, 0.1) is 0 Å². The summed E-state index contributed by atoms with van der Waals surface area (Å²) in [4.78, 5) is 10.3. The van der Waals surface area contributed by atoms with Crippen molar-refractivity contribution in [3.63, 3.8) is 0 Å². The van der Waals surface area contributed by atoms with Crippen molar-refractivity contribution >= 4 is 16.9 Å². The van der Waals surface area contributed by atoms with Crippen molar-refractivity contribution in [1.82, 2.24) is 0 Å². The van der Waals surface area contributed by atoms with Crippen molar-refractivity contribution in [1.29, 1.82) is 0 Å². The van der Waals surface area contributed by atoms with Crippen molar-refractivity contribution < 1.29 is 26.7 Å². The third-order valence-corrected chi connectivity index (χ3v) is 2.05. The van der Waals surface area contributed by atoms with Crippen LogP contribution in [0.4, 0.5) is 22.0 Å². The summed E-state index contributed by atoms with van der Waals surface area (Å²) in [5.74, 6) is -4.07. The van der Waals surface area contributed by atoms with E-state index in [1.165, 1.54) is 6.92 Å². The summed E-state index contributed by atoms with van der Waals surface area (Å²) in [6.07, 6.45) is -7.93. The molecule has 0 aliphatic heterocycles. The average molecular weight is 236 g/mol. The van der Waals surface area contributed by atoms with Crippen LogP contribution in [-0.4, -0.2) is 23.0 Å². The molecule has 0 rings (SSSR count). The van der Waals surface area contributed by atoms with Gasteiger partial charge in [-0.05, 0) is 0 Å². The summed E-state index contributed by atoms with van der Waals surface area (Å²) in [7, 11) is 0. The van der Waals surface area contributed by atoms with Crippen LogP contribution in [0.15, 0.2) is 0 Å². The number of carbonyl (C=O) groups is 1. The number of alkyl halides is 5. The Morgan fingerprint density at radius 2 is 1.71 bits per heavy atom. The number of halogens is 5. The first-order chi connectivity index (χ1) is 6.12. The molecule has 0 aromatic rings. The Morgan fingerprint density at radius 3 is 2.07 bits per heavy atom. The van der Waals surface area contributed by atoms with E-state index in [1.807, 2.05) is 0 Å². The Hall–Kier alpha value is -0.330. The lowest BCUT2D eigenvalue weighted by Crippen LogP contribution is -2.26. The van der Waals surface area contributed by atoms with Crippen LogP contribution < -0.4 is 0 Å². The molecule has 0 atom stereocenters. The molecule has 0 unspecified atom stereocenters. The first-order valence-corrected chi connectivity index (χ1v) is 4.69. The fraction of sp³-hybridized carbons (Fsp3) is 0.857. The number of hydrogen-bond acceptors (Lipinski definition) is 2. The largest absolute Gasteiger partial charge is 0.394 e. The van der Waals surface area contributed by atoms with Crippen LogP contribution in [0.25, 0.3) is 0 Å². The summed E-state index contributed by atoms with van der Waals surface area (Å²) in [5, 5.41) is -0.382. The number of hydrogen-bond donors (Lipinski definition) is 0. The Balaban J connectivity index is 3.89. The molecule has 0 aromatic carbocycles. The monoisotopic (exact) mass is 236 g/mol. The maximum Gasteiger partial charge on any atom is 0.394 e. The topological polar surface area (TPSA) is 17.1 Å². The Bertz CT molecular complexity index is 201. The van der Waals surface area contributed by atoms with Gasteiger partial charge in [-0.25, -0.2) is 8.78 Å². The molecule has 7 heteroatoms. The van der Waals surface area contributed by atoms with Gasteiger partial charge in [0.1, 0.15) is 6.42 Å². The van der Waals surface area contributed by atoms with Crippen molar-refractivity contribution in [3.8, 4) is 0 Å². The summed E-state index contributed by atoms with van der Waals surface area (Å²) >= 11 is 0.598. The van der Waals surface area contributed by atoms with E-state index in [0.717, 1.165) is 0 Å². The minimum atomic E-state index is -4.87. The molecule has 0 spiro atoms. The quantitative estimate of drug-likeness (QED) is 0.697. The molecule has 14 heavy (non-hydrogen) atoms. The fourth-order valence-corrected chi connectivity index (χ4v) is 1.41. The molecule has 84 valence electrons. The highest BCUT2D eigenvalue weighted by Crippen LogP contribution is 2.34. The van der Waals surface area contributed by atoms with Crippen LogP contribution in [-0.2, 0) is 4.79 Å². The molecule has 0 N–H and O–H groups in total. The smallest absolute Gasteiger partial charge is 0.288 e. The van der Waals surface area contributed by atoms with E-state index in [4.69, 9.17) is 0 Å². The zero-order valence-electron chi connectivity index (χ0n) is 7.33. The highest BCUT2D eigenvalue weighted by Gasteiger charge is 2.42. The standard InChI is InChI=1S/C7H9F5OS/c1-5(13)14-3-2-6(8,9)4-7(10,11)12/h2-4H2,1H3. The van der Waals surface area contributed by atoms with Gasteiger partial charge in [0.25, 0.3) is 5.92 Å². The third kappa shape index (κ3) is 8.28. The molecular formula is C7H9F5OS. The average Bonchev–Trinajstić information content (AvgIpc) is 1.78. The predicted molar refractivity (Wildman–Crippen MR) is 43.4 cm³/mol. The molecule has 0 aliphatic rings. The van der Waals surface area contributed by atoms with Crippen LogP contribution >= 0.6 is 11.8 Å². The lowest BCUT2D eigenvalue weighted by atomic mass is 10.2. The maximum atomic E-state index is 12.5. The van der Waals surface area contributed by atoms with E-state index in [9.17, 15) is 26.7 Å². The highest BCUT2D eigenvalue weighted by atomic mass is 32.2. The molecule has 0 amide bonds. The molecule has 0 heterocycles. The fourth-order valence-electron chi connectivity index (χ4n) is 0.726. The summed E-state index contributed by atoms with van der Waals surface area (Å²) in [6, 6.07) is 0. The van der Waals surface area contributed by atoms with Gasteiger partial charge in [0.05, 0.1) is 0 Å². The molecule has 0 fully saturated rings. The van der Waals surface area contributed by atoms with Crippen molar-refractivity contribution in [3.05, 3.63) is 0 Å².